The van der Waals surface area contributed by atoms with Crippen LogP contribution >= 0.6 is 12.2 Å². The van der Waals surface area contributed by atoms with Gasteiger partial charge in [-0.15, -0.1) is 0 Å². The summed E-state index contributed by atoms with van der Waals surface area (Å²) >= 11 is 5.49. The number of rotatable bonds is 11. The Morgan fingerprint density at radius 2 is 1.61 bits per heavy atom. The SMILES string of the molecule is CCO[C@@H](Cc1ccc(CCCC(=S)NCc2ccc(C(C)(C)C)cc2)cc1)C(=O)O. The second-order valence-electron chi connectivity index (χ2n) is 8.88. The van der Waals surface area contributed by atoms with Crippen LogP contribution in [0, 0.1) is 0 Å². The van der Waals surface area contributed by atoms with E-state index in [0.717, 1.165) is 36.4 Å². The predicted octanol–water partition coefficient (Wildman–Crippen LogP) is 5.46. The van der Waals surface area contributed by atoms with E-state index >= 15 is 0 Å². The smallest absolute Gasteiger partial charge is 0.333 e. The normalized spacial score (nSPS) is 12.4. The zero-order chi connectivity index (χ0) is 22.9. The Bertz CT molecular complexity index is 838. The largest absolute Gasteiger partial charge is 0.479 e. The summed E-state index contributed by atoms with van der Waals surface area (Å²) in [6, 6.07) is 16.8. The van der Waals surface area contributed by atoms with Gasteiger partial charge in [0, 0.05) is 19.6 Å². The van der Waals surface area contributed by atoms with Gasteiger partial charge in [-0.2, -0.15) is 0 Å². The van der Waals surface area contributed by atoms with E-state index in [1.54, 1.807) is 6.92 Å². The third-order valence-corrected chi connectivity index (χ3v) is 5.61. The molecule has 2 N–H and O–H groups in total. The van der Waals surface area contributed by atoms with Gasteiger partial charge >= 0.3 is 5.97 Å². The Kier molecular flexibility index (Phi) is 9.66. The maximum Gasteiger partial charge on any atom is 0.333 e. The first kappa shape index (κ1) is 25.0. The van der Waals surface area contributed by atoms with Gasteiger partial charge in [-0.1, -0.05) is 81.5 Å². The van der Waals surface area contributed by atoms with E-state index in [1.165, 1.54) is 16.7 Å². The van der Waals surface area contributed by atoms with Gasteiger partial charge in [-0.3, -0.25) is 0 Å². The van der Waals surface area contributed by atoms with Crippen LogP contribution in [0.3, 0.4) is 0 Å². The highest BCUT2D eigenvalue weighted by Crippen LogP contribution is 2.22. The maximum atomic E-state index is 11.2. The zero-order valence-electron chi connectivity index (χ0n) is 19.1. The molecule has 168 valence electrons. The number of aryl methyl sites for hydroxylation is 1. The van der Waals surface area contributed by atoms with E-state index in [0.29, 0.717) is 13.0 Å². The quantitative estimate of drug-likeness (QED) is 0.454. The number of ether oxygens (including phenoxy) is 1. The fourth-order valence-corrected chi connectivity index (χ4v) is 3.56. The van der Waals surface area contributed by atoms with E-state index in [9.17, 15) is 9.90 Å². The van der Waals surface area contributed by atoms with Gasteiger partial charge in [0.1, 0.15) is 0 Å². The molecule has 0 heterocycles. The Labute approximate surface area is 192 Å². The first-order valence-electron chi connectivity index (χ1n) is 11.0. The summed E-state index contributed by atoms with van der Waals surface area (Å²) in [5.41, 5.74) is 4.94. The molecule has 4 nitrogen and oxygen atoms in total. The van der Waals surface area contributed by atoms with Crippen LogP contribution in [-0.4, -0.2) is 28.8 Å². The molecular formula is C26H35NO3S. The van der Waals surface area contributed by atoms with Crippen LogP contribution < -0.4 is 5.32 Å². The fourth-order valence-electron chi connectivity index (χ4n) is 3.34. The number of carbonyl (C=O) groups is 1. The molecule has 0 bridgehead atoms. The standard InChI is InChI=1S/C26H35NO3S/c1-5-30-23(25(28)29)17-20-11-9-19(10-12-20)7-6-8-24(31)27-18-21-13-15-22(16-14-21)26(2,3)4/h9-16,23H,5-8,17-18H2,1-4H3,(H,27,31)(H,28,29)/t23-/m0/s1. The Balaban J connectivity index is 1.72. The number of benzene rings is 2. The summed E-state index contributed by atoms with van der Waals surface area (Å²) < 4.78 is 5.28. The molecule has 0 amide bonds. The molecule has 2 aromatic carbocycles. The summed E-state index contributed by atoms with van der Waals surface area (Å²) in [5.74, 6) is -0.919. The molecule has 31 heavy (non-hydrogen) atoms. The molecular weight excluding hydrogens is 406 g/mol. The minimum absolute atomic E-state index is 0.167. The highest BCUT2D eigenvalue weighted by Gasteiger charge is 2.17. The number of hydrogen-bond donors (Lipinski definition) is 2. The summed E-state index contributed by atoms with van der Waals surface area (Å²) in [4.78, 5) is 12.1. The third-order valence-electron chi connectivity index (χ3n) is 5.27. The van der Waals surface area contributed by atoms with Crippen molar-refractivity contribution in [2.24, 2.45) is 0 Å². The van der Waals surface area contributed by atoms with Crippen LogP contribution in [0.1, 0.15) is 62.8 Å². The van der Waals surface area contributed by atoms with E-state index in [-0.39, 0.29) is 5.41 Å². The van der Waals surface area contributed by atoms with E-state index < -0.39 is 12.1 Å². The average molecular weight is 442 g/mol. The first-order chi connectivity index (χ1) is 14.7. The molecule has 0 spiro atoms. The number of hydrogen-bond acceptors (Lipinski definition) is 3. The molecule has 5 heteroatoms. The second-order valence-corrected chi connectivity index (χ2v) is 9.37. The summed E-state index contributed by atoms with van der Waals surface area (Å²) in [6.45, 7) is 9.61. The lowest BCUT2D eigenvalue weighted by Gasteiger charge is -2.19. The van der Waals surface area contributed by atoms with Crippen molar-refractivity contribution < 1.29 is 14.6 Å². The number of carboxylic acids is 1. The maximum absolute atomic E-state index is 11.2. The molecule has 1 atom stereocenters. The minimum atomic E-state index is -0.919. The Hall–Kier alpha value is -2.24. The lowest BCUT2D eigenvalue weighted by atomic mass is 9.87. The van der Waals surface area contributed by atoms with E-state index in [2.05, 4.69) is 62.5 Å². The predicted molar refractivity (Wildman–Crippen MR) is 131 cm³/mol. The lowest BCUT2D eigenvalue weighted by Crippen LogP contribution is -2.26. The van der Waals surface area contributed by atoms with Crippen LogP contribution in [0.4, 0.5) is 0 Å². The molecule has 0 fully saturated rings. The van der Waals surface area contributed by atoms with Crippen molar-refractivity contribution in [1.82, 2.24) is 5.32 Å². The molecule has 0 aliphatic heterocycles. The number of thiocarbonyl (C=S) groups is 1. The number of nitrogens with one attached hydrogen (secondary N) is 1. The van der Waals surface area contributed by atoms with E-state index in [1.807, 2.05) is 12.1 Å². The van der Waals surface area contributed by atoms with Crippen molar-refractivity contribution in [1.29, 1.82) is 0 Å². The number of carboxylic acid groups (broad SMARTS) is 1. The Morgan fingerprint density at radius 3 is 2.16 bits per heavy atom. The first-order valence-corrected chi connectivity index (χ1v) is 11.4. The minimum Gasteiger partial charge on any atom is -0.479 e. The molecule has 0 saturated carbocycles. The van der Waals surface area contributed by atoms with Crippen LogP contribution in [0.2, 0.25) is 0 Å². The van der Waals surface area contributed by atoms with Crippen molar-refractivity contribution in [2.75, 3.05) is 6.61 Å². The summed E-state index contributed by atoms with van der Waals surface area (Å²) in [5, 5.41) is 12.6. The lowest BCUT2D eigenvalue weighted by molar-refractivity contribution is -0.149. The van der Waals surface area contributed by atoms with E-state index in [4.69, 9.17) is 17.0 Å². The van der Waals surface area contributed by atoms with Crippen LogP contribution in [-0.2, 0) is 34.3 Å². The van der Waals surface area contributed by atoms with Crippen LogP contribution in [0.5, 0.6) is 0 Å². The second kappa shape index (κ2) is 12.0. The summed E-state index contributed by atoms with van der Waals surface area (Å²) in [6.07, 6.45) is 2.36. The van der Waals surface area contributed by atoms with Crippen molar-refractivity contribution in [3.05, 3.63) is 70.8 Å². The molecule has 2 rings (SSSR count). The zero-order valence-corrected chi connectivity index (χ0v) is 19.9. The van der Waals surface area contributed by atoms with Crippen molar-refractivity contribution in [2.45, 2.75) is 71.4 Å². The highest BCUT2D eigenvalue weighted by molar-refractivity contribution is 7.80. The van der Waals surface area contributed by atoms with Crippen molar-refractivity contribution in [3.63, 3.8) is 0 Å². The average Bonchev–Trinajstić information content (AvgIpc) is 2.72. The molecule has 0 aliphatic rings. The van der Waals surface area contributed by atoms with Gasteiger partial charge in [-0.25, -0.2) is 4.79 Å². The van der Waals surface area contributed by atoms with Gasteiger partial charge in [0.25, 0.3) is 0 Å². The topological polar surface area (TPSA) is 58.6 Å². The summed E-state index contributed by atoms with van der Waals surface area (Å²) in [7, 11) is 0. The van der Waals surface area contributed by atoms with Crippen molar-refractivity contribution in [3.8, 4) is 0 Å². The fraction of sp³-hybridized carbons (Fsp3) is 0.462. The van der Waals surface area contributed by atoms with Crippen LogP contribution in [0.25, 0.3) is 0 Å². The van der Waals surface area contributed by atoms with Gasteiger partial charge < -0.3 is 15.2 Å². The molecule has 0 aliphatic carbocycles. The molecule has 0 saturated heterocycles. The monoisotopic (exact) mass is 441 g/mol. The molecule has 2 aromatic rings. The van der Waals surface area contributed by atoms with Gasteiger partial charge in [0.2, 0.25) is 0 Å². The van der Waals surface area contributed by atoms with Crippen LogP contribution in [0.15, 0.2) is 48.5 Å². The Morgan fingerprint density at radius 1 is 1.03 bits per heavy atom. The third kappa shape index (κ3) is 8.80. The van der Waals surface area contributed by atoms with Gasteiger partial charge in [-0.05, 0) is 53.9 Å². The van der Waals surface area contributed by atoms with Crippen molar-refractivity contribution >= 4 is 23.2 Å². The highest BCUT2D eigenvalue weighted by atomic mass is 32.1. The molecule has 0 radical (unpaired) electrons. The number of aliphatic carboxylic acids is 1. The van der Waals surface area contributed by atoms with Gasteiger partial charge in [0.15, 0.2) is 6.10 Å². The van der Waals surface area contributed by atoms with Gasteiger partial charge in [0.05, 0.1) is 4.99 Å². The molecule has 0 aromatic heterocycles. The molecule has 0 unspecified atom stereocenters.